The van der Waals surface area contributed by atoms with Gasteiger partial charge in [0, 0.05) is 64.3 Å². The fourth-order valence-electron chi connectivity index (χ4n) is 7.23. The van der Waals surface area contributed by atoms with Gasteiger partial charge in [-0.2, -0.15) is 0 Å². The van der Waals surface area contributed by atoms with E-state index in [2.05, 4.69) is 124 Å². The number of ether oxygens (including phenoxy) is 2. The molecule has 0 amide bonds. The fraction of sp³-hybridized carbons (Fsp3) is 0. The van der Waals surface area contributed by atoms with Crippen LogP contribution in [-0.2, 0) is 0 Å². The van der Waals surface area contributed by atoms with Crippen LogP contribution in [0.5, 0.6) is 23.0 Å². The zero-order valence-corrected chi connectivity index (χ0v) is 24.6. The fourth-order valence-corrected chi connectivity index (χ4v) is 7.23. The van der Waals surface area contributed by atoms with Crippen molar-refractivity contribution < 1.29 is 9.47 Å². The first-order valence-corrected chi connectivity index (χ1v) is 15.4. The van der Waals surface area contributed by atoms with Crippen molar-refractivity contribution in [1.29, 1.82) is 0 Å². The second kappa shape index (κ2) is 9.68. The first-order valence-electron chi connectivity index (χ1n) is 15.4. The maximum atomic E-state index is 6.84. The van der Waals surface area contributed by atoms with E-state index in [0.717, 1.165) is 78.4 Å². The molecule has 0 N–H and O–H groups in total. The van der Waals surface area contributed by atoms with Gasteiger partial charge in [-0.05, 0) is 58.5 Å². The van der Waals surface area contributed by atoms with Gasteiger partial charge in [0.25, 0.3) is 6.71 Å². The molecule has 2 aliphatic heterocycles. The number of hydrogen-bond donors (Lipinski definition) is 0. The van der Waals surface area contributed by atoms with Gasteiger partial charge in [-0.15, -0.1) is 0 Å². The van der Waals surface area contributed by atoms with Crippen molar-refractivity contribution >= 4 is 44.9 Å². The van der Waals surface area contributed by atoms with E-state index in [1.165, 1.54) is 10.8 Å². The molecule has 0 aliphatic carbocycles. The molecular weight excluding hydrogens is 565 g/mol. The van der Waals surface area contributed by atoms with Gasteiger partial charge >= 0.3 is 0 Å². The SMILES string of the molecule is c1cncc(-c2ccc3c(c2)Oc2cc(-n4c5ccccc5c5ccccc54)cc4c2B3c2ccc(-c3cccnc3)cc2O4)c1. The zero-order chi connectivity index (χ0) is 30.2. The Bertz CT molecular complexity index is 2320. The molecule has 5 nitrogen and oxygen atoms in total. The molecule has 8 aromatic rings. The lowest BCUT2D eigenvalue weighted by atomic mass is 9.35. The lowest BCUT2D eigenvalue weighted by molar-refractivity contribution is 0.464. The normalized spacial score (nSPS) is 12.7. The number of aromatic nitrogens is 3. The lowest BCUT2D eigenvalue weighted by Gasteiger charge is -2.34. The van der Waals surface area contributed by atoms with Crippen molar-refractivity contribution in [3.63, 3.8) is 0 Å². The predicted octanol–water partition coefficient (Wildman–Crippen LogP) is 7.64. The van der Waals surface area contributed by atoms with E-state index in [0.29, 0.717) is 0 Å². The highest BCUT2D eigenvalue weighted by Crippen LogP contribution is 2.40. The molecule has 5 heterocycles. The van der Waals surface area contributed by atoms with Crippen molar-refractivity contribution in [2.24, 2.45) is 0 Å². The van der Waals surface area contributed by atoms with E-state index in [-0.39, 0.29) is 6.71 Å². The largest absolute Gasteiger partial charge is 0.458 e. The van der Waals surface area contributed by atoms with Crippen molar-refractivity contribution in [2.45, 2.75) is 0 Å². The van der Waals surface area contributed by atoms with Gasteiger partial charge < -0.3 is 14.0 Å². The Morgan fingerprint density at radius 2 is 1.00 bits per heavy atom. The minimum absolute atomic E-state index is 0.0457. The van der Waals surface area contributed by atoms with E-state index in [1.807, 2.05) is 24.5 Å². The molecule has 10 rings (SSSR count). The summed E-state index contributed by atoms with van der Waals surface area (Å²) in [7, 11) is 0. The molecule has 0 atom stereocenters. The minimum atomic E-state index is -0.0457. The van der Waals surface area contributed by atoms with Crippen molar-refractivity contribution in [1.82, 2.24) is 14.5 Å². The first kappa shape index (κ1) is 25.2. The Balaban J connectivity index is 1.22. The minimum Gasteiger partial charge on any atom is -0.458 e. The Morgan fingerprint density at radius 1 is 0.478 bits per heavy atom. The van der Waals surface area contributed by atoms with Crippen LogP contribution in [0.2, 0.25) is 0 Å². The first-order chi connectivity index (χ1) is 22.8. The highest BCUT2D eigenvalue weighted by Gasteiger charge is 2.41. The standard InChI is InChI=1S/C40H24BN3O2/c1-3-11-34-30(9-1)31-10-2-4-12-35(31)44(34)29-21-38-40-39(22-29)46-37-20-26(28-8-6-18-43-24-28)14-16-33(37)41(40)32-15-13-25(19-36(32)45-38)27-7-5-17-42-23-27/h1-24H. The summed E-state index contributed by atoms with van der Waals surface area (Å²) in [6.45, 7) is -0.0457. The van der Waals surface area contributed by atoms with Crippen LogP contribution < -0.4 is 25.9 Å². The lowest BCUT2D eigenvalue weighted by Crippen LogP contribution is -2.57. The Kier molecular flexibility index (Phi) is 5.31. The molecule has 2 aliphatic rings. The molecule has 0 saturated carbocycles. The van der Waals surface area contributed by atoms with Gasteiger partial charge in [-0.25, -0.2) is 0 Å². The monoisotopic (exact) mass is 589 g/mol. The average Bonchev–Trinajstić information content (AvgIpc) is 3.46. The van der Waals surface area contributed by atoms with Gasteiger partial charge in [0.1, 0.15) is 23.0 Å². The summed E-state index contributed by atoms with van der Waals surface area (Å²) in [6.07, 6.45) is 7.37. The summed E-state index contributed by atoms with van der Waals surface area (Å²) in [5, 5.41) is 2.42. The molecule has 5 aromatic carbocycles. The molecule has 214 valence electrons. The highest BCUT2D eigenvalue weighted by atomic mass is 16.5. The molecule has 0 radical (unpaired) electrons. The zero-order valence-electron chi connectivity index (χ0n) is 24.6. The van der Waals surface area contributed by atoms with Crippen molar-refractivity contribution in [3.05, 3.63) is 146 Å². The van der Waals surface area contributed by atoms with Crippen LogP contribution in [0.3, 0.4) is 0 Å². The number of para-hydroxylation sites is 2. The third-order valence-corrected chi connectivity index (χ3v) is 9.29. The number of fused-ring (bicyclic) bond motifs is 7. The number of rotatable bonds is 3. The van der Waals surface area contributed by atoms with Gasteiger partial charge in [0.15, 0.2) is 0 Å². The van der Waals surface area contributed by atoms with Gasteiger partial charge in [0.2, 0.25) is 0 Å². The van der Waals surface area contributed by atoms with Crippen molar-refractivity contribution in [2.75, 3.05) is 0 Å². The molecular formula is C40H24BN3O2. The van der Waals surface area contributed by atoms with Gasteiger partial charge in [-0.3, -0.25) is 9.97 Å². The van der Waals surface area contributed by atoms with Crippen LogP contribution in [0.4, 0.5) is 0 Å². The van der Waals surface area contributed by atoms with Crippen molar-refractivity contribution in [3.8, 4) is 50.9 Å². The summed E-state index contributed by atoms with van der Waals surface area (Å²) in [5.74, 6) is 3.29. The van der Waals surface area contributed by atoms with E-state index >= 15 is 0 Å². The Hall–Kier alpha value is -6.14. The van der Waals surface area contributed by atoms with E-state index in [9.17, 15) is 0 Å². The van der Waals surface area contributed by atoms with Crippen LogP contribution in [-0.4, -0.2) is 21.2 Å². The highest BCUT2D eigenvalue weighted by molar-refractivity contribution is 6.98. The van der Waals surface area contributed by atoms with Crippen LogP contribution in [0.1, 0.15) is 0 Å². The molecule has 0 spiro atoms. The van der Waals surface area contributed by atoms with Crippen LogP contribution in [0.15, 0.2) is 146 Å². The predicted molar refractivity (Wildman–Crippen MR) is 185 cm³/mol. The van der Waals surface area contributed by atoms with Crippen LogP contribution >= 0.6 is 0 Å². The average molecular weight is 589 g/mol. The molecule has 46 heavy (non-hydrogen) atoms. The van der Waals surface area contributed by atoms with E-state index in [4.69, 9.17) is 9.47 Å². The number of pyridine rings is 2. The van der Waals surface area contributed by atoms with E-state index in [1.54, 1.807) is 12.4 Å². The smallest absolute Gasteiger partial charge is 0.260 e. The Morgan fingerprint density at radius 3 is 1.50 bits per heavy atom. The summed E-state index contributed by atoms with van der Waals surface area (Å²) in [5.41, 5.74) is 10.8. The molecule has 0 fully saturated rings. The third-order valence-electron chi connectivity index (χ3n) is 9.29. The molecule has 0 bridgehead atoms. The third kappa shape index (κ3) is 3.70. The number of nitrogens with zero attached hydrogens (tertiary/aromatic N) is 3. The van der Waals surface area contributed by atoms with Crippen LogP contribution in [0.25, 0.3) is 49.7 Å². The second-order valence-electron chi connectivity index (χ2n) is 11.9. The van der Waals surface area contributed by atoms with Gasteiger partial charge in [-0.1, -0.05) is 72.8 Å². The topological polar surface area (TPSA) is 49.2 Å². The summed E-state index contributed by atoms with van der Waals surface area (Å²) >= 11 is 0. The van der Waals surface area contributed by atoms with Gasteiger partial charge in [0.05, 0.1) is 16.7 Å². The molecule has 3 aromatic heterocycles. The number of benzene rings is 5. The maximum absolute atomic E-state index is 6.84. The molecule has 0 unspecified atom stereocenters. The summed E-state index contributed by atoms with van der Waals surface area (Å²) < 4.78 is 16.0. The van der Waals surface area contributed by atoms with Crippen LogP contribution in [0, 0.1) is 0 Å². The Labute approximate surface area is 265 Å². The second-order valence-corrected chi connectivity index (χ2v) is 11.9. The molecule has 6 heteroatoms. The molecule has 0 saturated heterocycles. The van der Waals surface area contributed by atoms with E-state index < -0.39 is 0 Å². The summed E-state index contributed by atoms with van der Waals surface area (Å²) in [4.78, 5) is 8.70. The maximum Gasteiger partial charge on any atom is 0.260 e. The summed E-state index contributed by atoms with van der Waals surface area (Å²) in [6, 6.07) is 42.5. The number of hydrogen-bond acceptors (Lipinski definition) is 4. The quantitative estimate of drug-likeness (QED) is 0.199.